The Morgan fingerprint density at radius 2 is 2.15 bits per heavy atom. The molecule has 0 atom stereocenters. The van der Waals surface area contributed by atoms with Gasteiger partial charge >= 0.3 is 0 Å². The Labute approximate surface area is 131 Å². The van der Waals surface area contributed by atoms with Gasteiger partial charge in [-0.15, -0.1) is 0 Å². The molecule has 0 radical (unpaired) electrons. The van der Waals surface area contributed by atoms with Gasteiger partial charge in [0.1, 0.15) is 5.82 Å². The molecule has 110 valence electrons. The molecule has 4 nitrogen and oxygen atoms in total. The number of ether oxygens (including phenoxy) is 1. The number of hydrogen-bond donors (Lipinski definition) is 1. The molecule has 0 aliphatic rings. The van der Waals surface area contributed by atoms with Crippen LogP contribution in [0.15, 0.2) is 12.1 Å². The first-order valence-corrected chi connectivity index (χ1v) is 7.79. The Balaban J connectivity index is 2.06. The highest BCUT2D eigenvalue weighted by molar-refractivity contribution is 14.1. The minimum atomic E-state index is -0.234. The van der Waals surface area contributed by atoms with Gasteiger partial charge in [-0.3, -0.25) is 0 Å². The van der Waals surface area contributed by atoms with Crippen molar-refractivity contribution in [2.24, 2.45) is 0 Å². The summed E-state index contributed by atoms with van der Waals surface area (Å²) < 4.78 is 21.6. The summed E-state index contributed by atoms with van der Waals surface area (Å²) in [7, 11) is 0. The zero-order valence-electron chi connectivity index (χ0n) is 11.7. The predicted molar refractivity (Wildman–Crippen MR) is 87.1 cm³/mol. The lowest BCUT2D eigenvalue weighted by molar-refractivity contribution is 0.0755. The monoisotopic (exact) mass is 391 g/mol. The lowest BCUT2D eigenvalue weighted by Crippen LogP contribution is -2.07. The van der Waals surface area contributed by atoms with Crippen LogP contribution in [-0.2, 0) is 11.3 Å². The standard InChI is InChI=1S/C14H19FIN3O/c1-9(2)20-6-4-3-5-19-13-7-10(15)11(16)8-12(13)18-14(19)17/h7-9H,3-6H2,1-2H3,(H2,17,18). The average Bonchev–Trinajstić information content (AvgIpc) is 2.65. The highest BCUT2D eigenvalue weighted by Gasteiger charge is 2.11. The molecule has 0 saturated heterocycles. The van der Waals surface area contributed by atoms with Crippen molar-refractivity contribution in [1.29, 1.82) is 0 Å². The van der Waals surface area contributed by atoms with Crippen LogP contribution in [0.3, 0.4) is 0 Å². The van der Waals surface area contributed by atoms with Crippen molar-refractivity contribution in [3.05, 3.63) is 21.5 Å². The maximum atomic E-state index is 13.7. The van der Waals surface area contributed by atoms with Gasteiger partial charge in [-0.2, -0.15) is 0 Å². The molecule has 20 heavy (non-hydrogen) atoms. The molecular formula is C14H19FIN3O. The minimum Gasteiger partial charge on any atom is -0.379 e. The molecule has 0 aliphatic carbocycles. The van der Waals surface area contributed by atoms with E-state index < -0.39 is 0 Å². The number of anilines is 1. The van der Waals surface area contributed by atoms with Gasteiger partial charge in [0.05, 0.1) is 20.7 Å². The molecule has 0 saturated carbocycles. The average molecular weight is 391 g/mol. The van der Waals surface area contributed by atoms with Gasteiger partial charge in [-0.05, 0) is 55.3 Å². The van der Waals surface area contributed by atoms with Gasteiger partial charge in [0, 0.05) is 19.2 Å². The van der Waals surface area contributed by atoms with Crippen LogP contribution in [0.25, 0.3) is 11.0 Å². The number of halogens is 2. The number of unbranched alkanes of at least 4 members (excludes halogenated alkanes) is 1. The molecule has 0 fully saturated rings. The van der Waals surface area contributed by atoms with Crippen molar-refractivity contribution in [1.82, 2.24) is 9.55 Å². The van der Waals surface area contributed by atoms with E-state index in [1.54, 1.807) is 6.07 Å². The lowest BCUT2D eigenvalue weighted by Gasteiger charge is -2.09. The zero-order chi connectivity index (χ0) is 14.7. The van der Waals surface area contributed by atoms with Crippen molar-refractivity contribution in [2.45, 2.75) is 39.3 Å². The second-order valence-electron chi connectivity index (χ2n) is 5.00. The number of benzene rings is 1. The maximum Gasteiger partial charge on any atom is 0.201 e. The van der Waals surface area contributed by atoms with Crippen LogP contribution in [0, 0.1) is 9.39 Å². The van der Waals surface area contributed by atoms with Crippen LogP contribution in [0.5, 0.6) is 0 Å². The first-order chi connectivity index (χ1) is 9.49. The molecular weight excluding hydrogens is 372 g/mol. The molecule has 1 heterocycles. The molecule has 0 amide bonds. The van der Waals surface area contributed by atoms with E-state index in [0.717, 1.165) is 37.0 Å². The fourth-order valence-electron chi connectivity index (χ4n) is 2.06. The Bertz CT molecular complexity index is 598. The van der Waals surface area contributed by atoms with Gasteiger partial charge in [-0.1, -0.05) is 0 Å². The first-order valence-electron chi connectivity index (χ1n) is 6.71. The zero-order valence-corrected chi connectivity index (χ0v) is 13.9. The van der Waals surface area contributed by atoms with Gasteiger partial charge in [0.2, 0.25) is 5.95 Å². The summed E-state index contributed by atoms with van der Waals surface area (Å²) in [5.74, 6) is 0.202. The van der Waals surface area contributed by atoms with E-state index >= 15 is 0 Å². The van der Waals surface area contributed by atoms with E-state index in [4.69, 9.17) is 10.5 Å². The number of rotatable bonds is 6. The molecule has 6 heteroatoms. The van der Waals surface area contributed by atoms with Gasteiger partial charge in [0.25, 0.3) is 0 Å². The molecule has 0 spiro atoms. The number of aryl methyl sites for hydroxylation is 1. The fraction of sp³-hybridized carbons (Fsp3) is 0.500. The van der Waals surface area contributed by atoms with E-state index in [1.807, 2.05) is 41.0 Å². The highest BCUT2D eigenvalue weighted by Crippen LogP contribution is 2.23. The summed E-state index contributed by atoms with van der Waals surface area (Å²) in [6.07, 6.45) is 2.13. The quantitative estimate of drug-likeness (QED) is 0.605. The Kier molecular flexibility index (Phi) is 5.20. The van der Waals surface area contributed by atoms with Crippen LogP contribution >= 0.6 is 22.6 Å². The molecule has 0 unspecified atom stereocenters. The van der Waals surface area contributed by atoms with Crippen LogP contribution in [0.1, 0.15) is 26.7 Å². The van der Waals surface area contributed by atoms with E-state index in [0.29, 0.717) is 9.52 Å². The first kappa shape index (κ1) is 15.5. The van der Waals surface area contributed by atoms with E-state index in [-0.39, 0.29) is 11.9 Å². The van der Waals surface area contributed by atoms with Crippen molar-refractivity contribution < 1.29 is 9.13 Å². The van der Waals surface area contributed by atoms with Crippen molar-refractivity contribution in [3.63, 3.8) is 0 Å². The summed E-state index contributed by atoms with van der Waals surface area (Å²) in [5.41, 5.74) is 7.41. The second kappa shape index (κ2) is 6.71. The summed E-state index contributed by atoms with van der Waals surface area (Å²) in [5, 5.41) is 0. The molecule has 1 aromatic carbocycles. The van der Waals surface area contributed by atoms with Gasteiger partial charge in [0.15, 0.2) is 0 Å². The maximum absolute atomic E-state index is 13.7. The molecule has 2 aromatic rings. The summed E-state index contributed by atoms with van der Waals surface area (Å²) in [4.78, 5) is 4.28. The molecule has 0 aliphatic heterocycles. The second-order valence-corrected chi connectivity index (χ2v) is 6.17. The number of nitrogens with two attached hydrogens (primary N) is 1. The molecule has 0 bridgehead atoms. The van der Waals surface area contributed by atoms with Crippen molar-refractivity contribution in [3.8, 4) is 0 Å². The Morgan fingerprint density at radius 3 is 2.85 bits per heavy atom. The van der Waals surface area contributed by atoms with Gasteiger partial charge in [-0.25, -0.2) is 9.37 Å². The minimum absolute atomic E-state index is 0.234. The summed E-state index contributed by atoms with van der Waals surface area (Å²) >= 11 is 1.96. The summed E-state index contributed by atoms with van der Waals surface area (Å²) in [6.45, 7) is 5.50. The smallest absolute Gasteiger partial charge is 0.201 e. The topological polar surface area (TPSA) is 53.1 Å². The normalized spacial score (nSPS) is 11.7. The molecule has 1 aromatic heterocycles. The van der Waals surface area contributed by atoms with E-state index in [9.17, 15) is 4.39 Å². The van der Waals surface area contributed by atoms with E-state index in [2.05, 4.69) is 4.98 Å². The van der Waals surface area contributed by atoms with Crippen molar-refractivity contribution in [2.75, 3.05) is 12.3 Å². The number of nitrogen functional groups attached to an aromatic ring is 1. The van der Waals surface area contributed by atoms with E-state index in [1.165, 1.54) is 6.07 Å². The number of hydrogen-bond acceptors (Lipinski definition) is 3. The van der Waals surface area contributed by atoms with Crippen LogP contribution in [0.2, 0.25) is 0 Å². The highest BCUT2D eigenvalue weighted by atomic mass is 127. The van der Waals surface area contributed by atoms with Crippen LogP contribution < -0.4 is 5.73 Å². The Hall–Kier alpha value is -0.890. The number of fused-ring (bicyclic) bond motifs is 1. The third-order valence-corrected chi connectivity index (χ3v) is 3.87. The molecule has 2 rings (SSSR count). The number of aromatic nitrogens is 2. The van der Waals surface area contributed by atoms with Crippen LogP contribution in [-0.4, -0.2) is 22.3 Å². The number of imidazole rings is 1. The lowest BCUT2D eigenvalue weighted by atomic mass is 10.3. The van der Waals surface area contributed by atoms with Gasteiger partial charge < -0.3 is 15.0 Å². The van der Waals surface area contributed by atoms with Crippen LogP contribution in [0.4, 0.5) is 10.3 Å². The SMILES string of the molecule is CC(C)OCCCCn1c(N)nc2cc(I)c(F)cc21. The molecule has 2 N–H and O–H groups in total. The third kappa shape index (κ3) is 3.60. The Morgan fingerprint density at radius 1 is 1.40 bits per heavy atom. The fourth-order valence-corrected chi connectivity index (χ4v) is 2.52. The summed E-state index contributed by atoms with van der Waals surface area (Å²) in [6, 6.07) is 3.23. The predicted octanol–water partition coefficient (Wildman–Crippen LogP) is 3.57. The van der Waals surface area contributed by atoms with Crippen molar-refractivity contribution >= 4 is 39.6 Å². The third-order valence-electron chi connectivity index (χ3n) is 3.05. The largest absolute Gasteiger partial charge is 0.379 e. The number of nitrogens with zero attached hydrogens (tertiary/aromatic N) is 2.